The third-order valence-electron chi connectivity index (χ3n) is 2.26. The van der Waals surface area contributed by atoms with E-state index in [0.29, 0.717) is 11.1 Å². The third kappa shape index (κ3) is 5.55. The lowest BCUT2D eigenvalue weighted by atomic mass is 10.1. The highest BCUT2D eigenvalue weighted by atomic mass is 32.2. The van der Waals surface area contributed by atoms with Crippen molar-refractivity contribution in [2.75, 3.05) is 25.1 Å². The van der Waals surface area contributed by atoms with Crippen LogP contribution in [0.25, 0.3) is 0 Å². The van der Waals surface area contributed by atoms with Crippen LogP contribution >= 0.6 is 0 Å². The molecule has 0 radical (unpaired) electrons. The maximum absolute atomic E-state index is 11.9. The highest BCUT2D eigenvalue weighted by Crippen LogP contribution is 2.06. The van der Waals surface area contributed by atoms with Crippen molar-refractivity contribution in [3.05, 3.63) is 35.4 Å². The molecule has 3 N–H and O–H groups in total. The van der Waals surface area contributed by atoms with E-state index in [0.717, 1.165) is 6.26 Å². The van der Waals surface area contributed by atoms with E-state index in [-0.39, 0.29) is 24.7 Å². The summed E-state index contributed by atoms with van der Waals surface area (Å²) in [4.78, 5) is 11.9. The fourth-order valence-electron chi connectivity index (χ4n) is 1.38. The largest absolute Gasteiger partial charge is 0.351 e. The van der Waals surface area contributed by atoms with Gasteiger partial charge in [-0.15, -0.1) is 0 Å². The van der Waals surface area contributed by atoms with Gasteiger partial charge in [0.25, 0.3) is 5.91 Å². The third-order valence-corrected chi connectivity index (χ3v) is 3.20. The number of amides is 1. The predicted octanol–water partition coefficient (Wildman–Crippen LogP) is -0.229. The zero-order valence-corrected chi connectivity index (χ0v) is 11.5. The first kappa shape index (κ1) is 15.2. The number of rotatable bonds is 4. The standard InChI is InChI=1S/C13H16N2O3S/c1-19(17,18)10-9-15-13(16)12-7-3-2-5-11(12)6-4-8-14/h2-3,5,7H,8-10,14H2,1H3,(H,15,16). The van der Waals surface area contributed by atoms with Gasteiger partial charge in [0.05, 0.1) is 17.9 Å². The molecule has 0 aliphatic heterocycles. The lowest BCUT2D eigenvalue weighted by Gasteiger charge is -2.06. The van der Waals surface area contributed by atoms with Crippen molar-refractivity contribution < 1.29 is 13.2 Å². The Labute approximate surface area is 113 Å². The van der Waals surface area contributed by atoms with Gasteiger partial charge in [-0.3, -0.25) is 4.79 Å². The first-order valence-corrected chi connectivity index (χ1v) is 7.74. The molecule has 1 aromatic rings. The monoisotopic (exact) mass is 280 g/mol. The molecule has 0 heterocycles. The second-order valence-corrected chi connectivity index (χ2v) is 6.20. The Hall–Kier alpha value is -1.84. The van der Waals surface area contributed by atoms with Gasteiger partial charge in [0.2, 0.25) is 0 Å². The first-order chi connectivity index (χ1) is 8.94. The topological polar surface area (TPSA) is 89.3 Å². The summed E-state index contributed by atoms with van der Waals surface area (Å²) in [7, 11) is -3.09. The minimum Gasteiger partial charge on any atom is -0.351 e. The molecule has 1 rings (SSSR count). The summed E-state index contributed by atoms with van der Waals surface area (Å²) in [5.74, 6) is 5.06. The molecule has 1 aromatic carbocycles. The summed E-state index contributed by atoms with van der Waals surface area (Å²) in [5.41, 5.74) is 6.28. The molecule has 0 bridgehead atoms. The molecule has 0 aliphatic rings. The minimum atomic E-state index is -3.09. The average molecular weight is 280 g/mol. The first-order valence-electron chi connectivity index (χ1n) is 5.68. The highest BCUT2D eigenvalue weighted by Gasteiger charge is 2.10. The van der Waals surface area contributed by atoms with Crippen LogP contribution < -0.4 is 11.1 Å². The Kier molecular flexibility index (Phi) is 5.55. The fourth-order valence-corrected chi connectivity index (χ4v) is 1.85. The molecule has 0 unspecified atom stereocenters. The van der Waals surface area contributed by atoms with Gasteiger partial charge in [0, 0.05) is 18.4 Å². The quantitative estimate of drug-likeness (QED) is 0.746. The number of sulfone groups is 1. The van der Waals surface area contributed by atoms with E-state index >= 15 is 0 Å². The zero-order chi connectivity index (χ0) is 14.3. The number of hydrogen-bond acceptors (Lipinski definition) is 4. The molecule has 0 saturated heterocycles. The van der Waals surface area contributed by atoms with Gasteiger partial charge in [-0.25, -0.2) is 8.42 Å². The van der Waals surface area contributed by atoms with Crippen molar-refractivity contribution in [3.8, 4) is 11.8 Å². The van der Waals surface area contributed by atoms with E-state index in [4.69, 9.17) is 5.73 Å². The number of nitrogens with two attached hydrogens (primary N) is 1. The Bertz CT molecular complexity index is 612. The number of nitrogens with one attached hydrogen (secondary N) is 1. The van der Waals surface area contributed by atoms with Crippen molar-refractivity contribution in [2.45, 2.75) is 0 Å². The van der Waals surface area contributed by atoms with Crippen molar-refractivity contribution in [3.63, 3.8) is 0 Å². The van der Waals surface area contributed by atoms with Crippen LogP contribution in [0.5, 0.6) is 0 Å². The molecular formula is C13H16N2O3S. The van der Waals surface area contributed by atoms with Gasteiger partial charge in [-0.05, 0) is 12.1 Å². The molecule has 0 spiro atoms. The molecule has 1 amide bonds. The van der Waals surface area contributed by atoms with Crippen LogP contribution in [-0.2, 0) is 9.84 Å². The average Bonchev–Trinajstić information content (AvgIpc) is 2.35. The van der Waals surface area contributed by atoms with Crippen molar-refractivity contribution in [2.24, 2.45) is 5.73 Å². The van der Waals surface area contributed by atoms with E-state index in [2.05, 4.69) is 17.2 Å². The normalized spacial score (nSPS) is 10.4. The molecule has 0 saturated carbocycles. The molecule has 5 nitrogen and oxygen atoms in total. The van der Waals surface area contributed by atoms with Gasteiger partial charge in [-0.1, -0.05) is 24.0 Å². The van der Waals surface area contributed by atoms with Gasteiger partial charge in [-0.2, -0.15) is 0 Å². The summed E-state index contributed by atoms with van der Waals surface area (Å²) in [6.07, 6.45) is 1.12. The van der Waals surface area contributed by atoms with Crippen LogP contribution in [0.1, 0.15) is 15.9 Å². The molecule has 102 valence electrons. The van der Waals surface area contributed by atoms with Gasteiger partial charge < -0.3 is 11.1 Å². The van der Waals surface area contributed by atoms with E-state index < -0.39 is 9.84 Å². The summed E-state index contributed by atoms with van der Waals surface area (Å²) >= 11 is 0. The highest BCUT2D eigenvalue weighted by molar-refractivity contribution is 7.90. The van der Waals surface area contributed by atoms with Crippen LogP contribution in [0, 0.1) is 11.8 Å². The number of carbonyl (C=O) groups excluding carboxylic acids is 1. The molecule has 19 heavy (non-hydrogen) atoms. The second-order valence-electron chi connectivity index (χ2n) is 3.94. The number of hydrogen-bond donors (Lipinski definition) is 2. The number of carbonyl (C=O) groups is 1. The maximum Gasteiger partial charge on any atom is 0.252 e. The lowest BCUT2D eigenvalue weighted by Crippen LogP contribution is -2.29. The SMILES string of the molecule is CS(=O)(=O)CCNC(=O)c1ccccc1C#CCN. The summed E-state index contributed by atoms with van der Waals surface area (Å²) in [5, 5.41) is 2.56. The Morgan fingerprint density at radius 1 is 1.37 bits per heavy atom. The van der Waals surface area contributed by atoms with Crippen LogP contribution in [0.2, 0.25) is 0 Å². The van der Waals surface area contributed by atoms with Crippen LogP contribution in [0.3, 0.4) is 0 Å². The molecular weight excluding hydrogens is 264 g/mol. The second kappa shape index (κ2) is 6.92. The Morgan fingerprint density at radius 2 is 2.05 bits per heavy atom. The molecule has 0 atom stereocenters. The van der Waals surface area contributed by atoms with E-state index in [1.165, 1.54) is 0 Å². The van der Waals surface area contributed by atoms with Crippen molar-refractivity contribution >= 4 is 15.7 Å². The minimum absolute atomic E-state index is 0.0797. The summed E-state index contributed by atoms with van der Waals surface area (Å²) in [6.45, 7) is 0.292. The fraction of sp³-hybridized carbons (Fsp3) is 0.308. The lowest BCUT2D eigenvalue weighted by molar-refractivity contribution is 0.0956. The van der Waals surface area contributed by atoms with Crippen LogP contribution in [-0.4, -0.2) is 39.4 Å². The molecule has 0 aromatic heterocycles. The maximum atomic E-state index is 11.9. The van der Waals surface area contributed by atoms with Crippen LogP contribution in [0.15, 0.2) is 24.3 Å². The van der Waals surface area contributed by atoms with E-state index in [1.807, 2.05) is 0 Å². The van der Waals surface area contributed by atoms with E-state index in [9.17, 15) is 13.2 Å². The molecule has 0 fully saturated rings. The molecule has 0 aliphatic carbocycles. The molecule has 6 heteroatoms. The van der Waals surface area contributed by atoms with Crippen molar-refractivity contribution in [1.82, 2.24) is 5.32 Å². The number of benzene rings is 1. The smallest absolute Gasteiger partial charge is 0.252 e. The van der Waals surface area contributed by atoms with E-state index in [1.54, 1.807) is 24.3 Å². The zero-order valence-electron chi connectivity index (χ0n) is 10.6. The van der Waals surface area contributed by atoms with Crippen LogP contribution in [0.4, 0.5) is 0 Å². The Balaban J connectivity index is 2.77. The van der Waals surface area contributed by atoms with Gasteiger partial charge >= 0.3 is 0 Å². The Morgan fingerprint density at radius 3 is 2.68 bits per heavy atom. The van der Waals surface area contributed by atoms with Crippen molar-refractivity contribution in [1.29, 1.82) is 0 Å². The van der Waals surface area contributed by atoms with Gasteiger partial charge in [0.15, 0.2) is 0 Å². The summed E-state index contributed by atoms with van der Waals surface area (Å²) in [6, 6.07) is 6.84. The summed E-state index contributed by atoms with van der Waals surface area (Å²) < 4.78 is 21.9. The van der Waals surface area contributed by atoms with Gasteiger partial charge in [0.1, 0.15) is 9.84 Å². The predicted molar refractivity (Wildman–Crippen MR) is 74.4 cm³/mol.